The highest BCUT2D eigenvalue weighted by Gasteiger charge is 2.19. The molecular formula is C16H15ClN2O6. The normalized spacial score (nSPS) is 10.1. The molecule has 1 amide bonds. The molecule has 0 aliphatic heterocycles. The van der Waals surface area contributed by atoms with E-state index in [1.54, 1.807) is 0 Å². The van der Waals surface area contributed by atoms with Crippen molar-refractivity contribution in [3.8, 4) is 17.2 Å². The Labute approximate surface area is 148 Å². The van der Waals surface area contributed by atoms with Gasteiger partial charge in [0.05, 0.1) is 37.0 Å². The molecule has 1 N–H and O–H groups in total. The third-order valence-corrected chi connectivity index (χ3v) is 3.66. The topological polar surface area (TPSA) is 99.9 Å². The van der Waals surface area contributed by atoms with Gasteiger partial charge in [0.1, 0.15) is 11.5 Å². The molecule has 132 valence electrons. The Kier molecular flexibility index (Phi) is 5.66. The summed E-state index contributed by atoms with van der Waals surface area (Å²) in [5.41, 5.74) is 0.0893. The number of carbonyl (C=O) groups excluding carboxylic acids is 1. The monoisotopic (exact) mass is 366 g/mol. The van der Waals surface area contributed by atoms with E-state index in [-0.39, 0.29) is 17.0 Å². The second kappa shape index (κ2) is 7.71. The molecule has 0 aromatic heterocycles. The Hall–Kier alpha value is -3.00. The van der Waals surface area contributed by atoms with Gasteiger partial charge in [-0.25, -0.2) is 0 Å². The van der Waals surface area contributed by atoms with Crippen LogP contribution in [0.25, 0.3) is 0 Å². The van der Waals surface area contributed by atoms with Gasteiger partial charge in [-0.15, -0.1) is 0 Å². The van der Waals surface area contributed by atoms with Crippen molar-refractivity contribution in [3.63, 3.8) is 0 Å². The van der Waals surface area contributed by atoms with Crippen LogP contribution in [0.15, 0.2) is 30.3 Å². The maximum absolute atomic E-state index is 12.4. The fraction of sp³-hybridized carbons (Fsp3) is 0.188. The number of hydrogen-bond donors (Lipinski definition) is 1. The summed E-state index contributed by atoms with van der Waals surface area (Å²) in [6.07, 6.45) is 0. The number of nitro benzene ring substituents is 1. The van der Waals surface area contributed by atoms with Gasteiger partial charge in [-0.05, 0) is 12.1 Å². The average Bonchev–Trinajstić information content (AvgIpc) is 2.61. The number of halogens is 1. The summed E-state index contributed by atoms with van der Waals surface area (Å²) in [7, 11) is 4.17. The number of anilines is 1. The number of ether oxygens (including phenoxy) is 3. The summed E-state index contributed by atoms with van der Waals surface area (Å²) in [6, 6.07) is 6.89. The molecular weight excluding hydrogens is 352 g/mol. The Morgan fingerprint density at radius 3 is 2.24 bits per heavy atom. The highest BCUT2D eigenvalue weighted by Crippen LogP contribution is 2.36. The van der Waals surface area contributed by atoms with Gasteiger partial charge in [0, 0.05) is 23.8 Å². The molecule has 0 aliphatic rings. The van der Waals surface area contributed by atoms with Gasteiger partial charge in [0.25, 0.3) is 5.91 Å². The van der Waals surface area contributed by atoms with Crippen LogP contribution in [0, 0.1) is 10.1 Å². The Balaban J connectivity index is 2.37. The van der Waals surface area contributed by atoms with Gasteiger partial charge < -0.3 is 19.5 Å². The highest BCUT2D eigenvalue weighted by molar-refractivity contribution is 6.32. The number of nitrogens with zero attached hydrogens (tertiary/aromatic N) is 1. The van der Waals surface area contributed by atoms with E-state index >= 15 is 0 Å². The molecule has 0 unspecified atom stereocenters. The molecule has 0 heterocycles. The molecule has 8 nitrogen and oxygen atoms in total. The van der Waals surface area contributed by atoms with Crippen LogP contribution in [0.4, 0.5) is 11.4 Å². The number of nitrogens with one attached hydrogen (secondary N) is 1. The van der Waals surface area contributed by atoms with E-state index in [1.807, 2.05) is 0 Å². The lowest BCUT2D eigenvalue weighted by Gasteiger charge is -2.13. The third-order valence-electron chi connectivity index (χ3n) is 3.36. The zero-order valence-electron chi connectivity index (χ0n) is 13.7. The van der Waals surface area contributed by atoms with Crippen molar-refractivity contribution < 1.29 is 23.9 Å². The number of benzene rings is 2. The van der Waals surface area contributed by atoms with Crippen LogP contribution < -0.4 is 19.5 Å². The van der Waals surface area contributed by atoms with Crippen LogP contribution in [0.1, 0.15) is 10.4 Å². The first-order valence-electron chi connectivity index (χ1n) is 6.96. The Bertz CT molecular complexity index is 825. The first-order valence-corrected chi connectivity index (χ1v) is 7.34. The number of carbonyl (C=O) groups is 1. The van der Waals surface area contributed by atoms with E-state index in [1.165, 1.54) is 45.6 Å². The van der Waals surface area contributed by atoms with Crippen LogP contribution in [-0.4, -0.2) is 32.2 Å². The minimum absolute atomic E-state index is 0.0623. The van der Waals surface area contributed by atoms with Crippen LogP contribution >= 0.6 is 11.6 Å². The fourth-order valence-corrected chi connectivity index (χ4v) is 2.36. The number of rotatable bonds is 6. The van der Waals surface area contributed by atoms with Crippen molar-refractivity contribution in [1.29, 1.82) is 0 Å². The predicted octanol–water partition coefficient (Wildman–Crippen LogP) is 3.53. The molecule has 9 heteroatoms. The van der Waals surface area contributed by atoms with Crippen molar-refractivity contribution in [2.24, 2.45) is 0 Å². The molecule has 0 radical (unpaired) electrons. The molecule has 0 spiro atoms. The van der Waals surface area contributed by atoms with Crippen molar-refractivity contribution >= 4 is 28.9 Å². The summed E-state index contributed by atoms with van der Waals surface area (Å²) >= 11 is 6.02. The molecule has 0 atom stereocenters. The molecule has 2 rings (SSSR count). The first-order chi connectivity index (χ1) is 11.9. The Morgan fingerprint density at radius 1 is 1.04 bits per heavy atom. The second-order valence-corrected chi connectivity index (χ2v) is 5.19. The lowest BCUT2D eigenvalue weighted by molar-refractivity contribution is -0.385. The number of methoxy groups -OCH3 is 3. The quantitative estimate of drug-likeness (QED) is 0.620. The molecule has 0 fully saturated rings. The fourth-order valence-electron chi connectivity index (χ4n) is 2.13. The van der Waals surface area contributed by atoms with Crippen LogP contribution in [0.2, 0.25) is 5.02 Å². The summed E-state index contributed by atoms with van der Waals surface area (Å²) in [5, 5.41) is 14.0. The maximum atomic E-state index is 12.4. The van der Waals surface area contributed by atoms with Gasteiger partial charge in [0.2, 0.25) is 0 Å². The zero-order chi connectivity index (χ0) is 18.6. The number of nitro groups is 1. The van der Waals surface area contributed by atoms with Crippen molar-refractivity contribution in [1.82, 2.24) is 0 Å². The molecule has 0 saturated carbocycles. The van der Waals surface area contributed by atoms with E-state index in [0.29, 0.717) is 22.2 Å². The van der Waals surface area contributed by atoms with Gasteiger partial charge >= 0.3 is 5.69 Å². The third kappa shape index (κ3) is 3.92. The zero-order valence-corrected chi connectivity index (χ0v) is 14.4. The van der Waals surface area contributed by atoms with Crippen LogP contribution in [-0.2, 0) is 0 Å². The highest BCUT2D eigenvalue weighted by atomic mass is 35.5. The SMILES string of the molecule is COc1cc(NC(=O)c2ccc(OC)c([N+](=O)[O-])c2)c(OC)cc1Cl. The van der Waals surface area contributed by atoms with Crippen LogP contribution in [0.3, 0.4) is 0 Å². The summed E-state index contributed by atoms with van der Waals surface area (Å²) < 4.78 is 15.2. The largest absolute Gasteiger partial charge is 0.495 e. The van der Waals surface area contributed by atoms with Crippen molar-refractivity contribution in [3.05, 3.63) is 51.0 Å². The standard InChI is InChI=1S/C16H15ClN2O6/c1-23-13-5-4-9(6-12(13)19(21)22)16(20)18-11-8-14(24-2)10(17)7-15(11)25-3/h4-8H,1-3H3,(H,18,20). The summed E-state index contributed by atoms with van der Waals surface area (Å²) in [5.74, 6) is 0.168. The van der Waals surface area contributed by atoms with E-state index in [0.717, 1.165) is 6.07 Å². The van der Waals surface area contributed by atoms with Crippen LogP contribution in [0.5, 0.6) is 17.2 Å². The van der Waals surface area contributed by atoms with Gasteiger partial charge in [-0.1, -0.05) is 11.6 Å². The number of amides is 1. The molecule has 2 aromatic carbocycles. The Morgan fingerprint density at radius 2 is 1.68 bits per heavy atom. The van der Waals surface area contributed by atoms with Gasteiger partial charge in [0.15, 0.2) is 5.75 Å². The van der Waals surface area contributed by atoms with E-state index in [2.05, 4.69) is 5.32 Å². The van der Waals surface area contributed by atoms with E-state index in [9.17, 15) is 14.9 Å². The number of hydrogen-bond acceptors (Lipinski definition) is 6. The minimum Gasteiger partial charge on any atom is -0.495 e. The summed E-state index contributed by atoms with van der Waals surface area (Å²) in [6.45, 7) is 0. The molecule has 0 bridgehead atoms. The molecule has 25 heavy (non-hydrogen) atoms. The van der Waals surface area contributed by atoms with E-state index in [4.69, 9.17) is 25.8 Å². The average molecular weight is 367 g/mol. The maximum Gasteiger partial charge on any atom is 0.311 e. The lowest BCUT2D eigenvalue weighted by atomic mass is 10.1. The second-order valence-electron chi connectivity index (χ2n) is 4.78. The molecule has 0 saturated heterocycles. The van der Waals surface area contributed by atoms with E-state index < -0.39 is 10.8 Å². The molecule has 0 aliphatic carbocycles. The smallest absolute Gasteiger partial charge is 0.311 e. The minimum atomic E-state index is -0.623. The molecule has 2 aromatic rings. The van der Waals surface area contributed by atoms with Gasteiger partial charge in [-0.2, -0.15) is 0 Å². The summed E-state index contributed by atoms with van der Waals surface area (Å²) in [4.78, 5) is 22.9. The predicted molar refractivity (Wildman–Crippen MR) is 92.2 cm³/mol. The van der Waals surface area contributed by atoms with Gasteiger partial charge in [-0.3, -0.25) is 14.9 Å². The lowest BCUT2D eigenvalue weighted by Crippen LogP contribution is -2.13. The van der Waals surface area contributed by atoms with Crippen molar-refractivity contribution in [2.45, 2.75) is 0 Å². The first kappa shape index (κ1) is 18.3. The van der Waals surface area contributed by atoms with Crippen molar-refractivity contribution in [2.75, 3.05) is 26.6 Å².